The number of halogens is 1. The van der Waals surface area contributed by atoms with E-state index in [1.165, 1.54) is 41.5 Å². The van der Waals surface area contributed by atoms with Crippen LogP contribution in [0.2, 0.25) is 0 Å². The molecule has 4 heteroatoms. The van der Waals surface area contributed by atoms with Crippen molar-refractivity contribution >= 4 is 15.9 Å². The zero-order chi connectivity index (χ0) is 14.4. The zero-order valence-corrected chi connectivity index (χ0v) is 14.1. The molecule has 0 saturated carbocycles. The first kappa shape index (κ1) is 16.0. The van der Waals surface area contributed by atoms with Gasteiger partial charge in [-0.15, -0.1) is 0 Å². The Hall–Kier alpha value is -0.420. The average Bonchev–Trinajstić information content (AvgIpc) is 2.44. The van der Waals surface area contributed by atoms with Crippen molar-refractivity contribution in [3.05, 3.63) is 33.8 Å². The molecular weight excluding hydrogens is 316 g/mol. The van der Waals surface area contributed by atoms with Crippen LogP contribution in [0.3, 0.4) is 0 Å². The van der Waals surface area contributed by atoms with Gasteiger partial charge in [0.1, 0.15) is 0 Å². The lowest BCUT2D eigenvalue weighted by molar-refractivity contribution is 0.0967. The maximum atomic E-state index is 5.26. The molecule has 3 nitrogen and oxygen atoms in total. The fraction of sp³-hybridized carbons (Fsp3) is 0.625. The Labute approximate surface area is 130 Å². The van der Waals surface area contributed by atoms with Gasteiger partial charge in [-0.1, -0.05) is 28.1 Å². The molecule has 1 heterocycles. The Morgan fingerprint density at radius 3 is 2.70 bits per heavy atom. The van der Waals surface area contributed by atoms with Crippen molar-refractivity contribution in [2.75, 3.05) is 33.9 Å². The maximum Gasteiger partial charge on any atom is 0.0491 e. The van der Waals surface area contributed by atoms with Gasteiger partial charge in [0.2, 0.25) is 0 Å². The Kier molecular flexibility index (Phi) is 6.49. The molecule has 0 aromatic heterocycles. The van der Waals surface area contributed by atoms with E-state index in [9.17, 15) is 0 Å². The van der Waals surface area contributed by atoms with E-state index in [2.05, 4.69) is 44.3 Å². The molecule has 1 aliphatic rings. The second-order valence-electron chi connectivity index (χ2n) is 5.63. The highest BCUT2D eigenvalue weighted by atomic mass is 79.9. The molecule has 0 bridgehead atoms. The second kappa shape index (κ2) is 8.13. The van der Waals surface area contributed by atoms with Crippen LogP contribution in [0.4, 0.5) is 0 Å². The first-order valence-electron chi connectivity index (χ1n) is 7.36. The highest BCUT2D eigenvalue weighted by Crippen LogP contribution is 2.23. The van der Waals surface area contributed by atoms with Gasteiger partial charge >= 0.3 is 0 Å². The number of piperidine rings is 1. The summed E-state index contributed by atoms with van der Waals surface area (Å²) in [6.07, 6.45) is 2.51. The number of nitrogens with zero attached hydrogens (tertiary/aromatic N) is 1. The second-order valence-corrected chi connectivity index (χ2v) is 6.49. The summed E-state index contributed by atoms with van der Waals surface area (Å²) in [6.45, 7) is 5.23. The van der Waals surface area contributed by atoms with Crippen molar-refractivity contribution in [3.8, 4) is 0 Å². The van der Waals surface area contributed by atoms with E-state index >= 15 is 0 Å². The van der Waals surface area contributed by atoms with Gasteiger partial charge in [0.05, 0.1) is 0 Å². The van der Waals surface area contributed by atoms with Crippen LogP contribution >= 0.6 is 15.9 Å². The summed E-state index contributed by atoms with van der Waals surface area (Å²) >= 11 is 3.71. The number of methoxy groups -OCH3 is 1. The molecule has 1 aromatic carbocycles. The maximum absolute atomic E-state index is 5.26. The van der Waals surface area contributed by atoms with Crippen molar-refractivity contribution in [2.24, 2.45) is 5.92 Å². The fourth-order valence-corrected chi connectivity index (χ4v) is 3.37. The van der Waals surface area contributed by atoms with Crippen LogP contribution in [0.15, 0.2) is 22.7 Å². The molecule has 0 unspecified atom stereocenters. The topological polar surface area (TPSA) is 24.5 Å². The minimum atomic E-state index is 0.748. The summed E-state index contributed by atoms with van der Waals surface area (Å²) in [5, 5.41) is 3.19. The Morgan fingerprint density at radius 2 is 2.10 bits per heavy atom. The Balaban J connectivity index is 1.88. The van der Waals surface area contributed by atoms with Gasteiger partial charge in [0.15, 0.2) is 0 Å². The average molecular weight is 341 g/mol. The third-order valence-corrected chi connectivity index (χ3v) is 4.74. The Bertz CT molecular complexity index is 417. The summed E-state index contributed by atoms with van der Waals surface area (Å²) in [5.41, 5.74) is 2.71. The van der Waals surface area contributed by atoms with E-state index < -0.39 is 0 Å². The SMILES string of the molecule is CNCc1ccc(CN2CCC(COC)CC2)c(Br)c1. The number of hydrogen-bond acceptors (Lipinski definition) is 3. The van der Waals surface area contributed by atoms with Gasteiger partial charge < -0.3 is 10.1 Å². The first-order chi connectivity index (χ1) is 9.72. The van der Waals surface area contributed by atoms with Gasteiger partial charge in [-0.3, -0.25) is 4.90 Å². The molecular formula is C16H25BrN2O. The standard InChI is InChI=1S/C16H25BrN2O/c1-18-10-14-3-4-15(16(17)9-14)11-19-7-5-13(6-8-19)12-20-2/h3-4,9,13,18H,5-8,10-12H2,1-2H3. The smallest absolute Gasteiger partial charge is 0.0491 e. The monoisotopic (exact) mass is 340 g/mol. The molecule has 1 N–H and O–H groups in total. The largest absolute Gasteiger partial charge is 0.384 e. The van der Waals surface area contributed by atoms with Gasteiger partial charge in [-0.05, 0) is 56.1 Å². The van der Waals surface area contributed by atoms with Crippen molar-refractivity contribution in [1.82, 2.24) is 10.2 Å². The minimum absolute atomic E-state index is 0.748. The lowest BCUT2D eigenvalue weighted by Gasteiger charge is -2.31. The van der Waals surface area contributed by atoms with Gasteiger partial charge in [-0.2, -0.15) is 0 Å². The lowest BCUT2D eigenvalue weighted by atomic mass is 9.97. The van der Waals surface area contributed by atoms with E-state index in [1.807, 2.05) is 7.05 Å². The summed E-state index contributed by atoms with van der Waals surface area (Å²) in [5.74, 6) is 0.748. The predicted octanol–water partition coefficient (Wildman–Crippen LogP) is 3.03. The van der Waals surface area contributed by atoms with E-state index in [0.29, 0.717) is 0 Å². The minimum Gasteiger partial charge on any atom is -0.384 e. The summed E-state index contributed by atoms with van der Waals surface area (Å²) in [7, 11) is 3.78. The van der Waals surface area contributed by atoms with E-state index in [4.69, 9.17) is 4.74 Å². The number of rotatable bonds is 6. The van der Waals surface area contributed by atoms with Crippen LogP contribution in [0.1, 0.15) is 24.0 Å². The molecule has 0 radical (unpaired) electrons. The summed E-state index contributed by atoms with van der Waals surface area (Å²) in [4.78, 5) is 2.55. The third kappa shape index (κ3) is 4.55. The lowest BCUT2D eigenvalue weighted by Crippen LogP contribution is -2.34. The van der Waals surface area contributed by atoms with E-state index in [-0.39, 0.29) is 0 Å². The molecule has 1 saturated heterocycles. The molecule has 112 valence electrons. The molecule has 1 fully saturated rings. The van der Waals surface area contributed by atoms with Crippen LogP contribution in [0.25, 0.3) is 0 Å². The number of ether oxygens (including phenoxy) is 1. The Morgan fingerprint density at radius 1 is 1.35 bits per heavy atom. The van der Waals surface area contributed by atoms with Crippen molar-refractivity contribution in [1.29, 1.82) is 0 Å². The molecule has 1 aromatic rings. The van der Waals surface area contributed by atoms with Crippen LogP contribution < -0.4 is 5.32 Å². The fourth-order valence-electron chi connectivity index (χ4n) is 2.82. The van der Waals surface area contributed by atoms with Crippen LogP contribution in [-0.2, 0) is 17.8 Å². The highest BCUT2D eigenvalue weighted by molar-refractivity contribution is 9.10. The molecule has 0 amide bonds. The third-order valence-electron chi connectivity index (χ3n) is 4.00. The van der Waals surface area contributed by atoms with Crippen molar-refractivity contribution in [2.45, 2.75) is 25.9 Å². The van der Waals surface area contributed by atoms with E-state index in [0.717, 1.165) is 25.6 Å². The van der Waals surface area contributed by atoms with Crippen LogP contribution in [0, 0.1) is 5.92 Å². The number of hydrogen-bond donors (Lipinski definition) is 1. The highest BCUT2D eigenvalue weighted by Gasteiger charge is 2.19. The van der Waals surface area contributed by atoms with Gasteiger partial charge in [0, 0.05) is 31.3 Å². The molecule has 0 aliphatic carbocycles. The first-order valence-corrected chi connectivity index (χ1v) is 8.15. The molecule has 20 heavy (non-hydrogen) atoms. The molecule has 1 aliphatic heterocycles. The number of nitrogens with one attached hydrogen (secondary N) is 1. The van der Waals surface area contributed by atoms with Gasteiger partial charge in [-0.25, -0.2) is 0 Å². The van der Waals surface area contributed by atoms with Crippen molar-refractivity contribution in [3.63, 3.8) is 0 Å². The predicted molar refractivity (Wildman–Crippen MR) is 86.8 cm³/mol. The molecule has 0 atom stereocenters. The quantitative estimate of drug-likeness (QED) is 0.861. The molecule has 0 spiro atoms. The van der Waals surface area contributed by atoms with Crippen LogP contribution in [-0.4, -0.2) is 38.8 Å². The van der Waals surface area contributed by atoms with E-state index in [1.54, 1.807) is 7.11 Å². The number of likely N-dealkylation sites (tertiary alicyclic amines) is 1. The summed E-state index contributed by atoms with van der Waals surface area (Å²) < 4.78 is 6.48. The van der Waals surface area contributed by atoms with Gasteiger partial charge in [0.25, 0.3) is 0 Å². The zero-order valence-electron chi connectivity index (χ0n) is 12.5. The summed E-state index contributed by atoms with van der Waals surface area (Å²) in [6, 6.07) is 6.69. The molecule has 2 rings (SSSR count). The normalized spacial score (nSPS) is 17.6. The van der Waals surface area contributed by atoms with Crippen LogP contribution in [0.5, 0.6) is 0 Å². The number of benzene rings is 1. The van der Waals surface area contributed by atoms with Crippen molar-refractivity contribution < 1.29 is 4.74 Å².